The molecule has 0 bridgehead atoms. The lowest BCUT2D eigenvalue weighted by Gasteiger charge is -2.16. The normalized spacial score (nSPS) is 17.7. The first-order chi connectivity index (χ1) is 13.4. The number of hydrogen-bond donors (Lipinski definition) is 2. The summed E-state index contributed by atoms with van der Waals surface area (Å²) < 4.78 is 0. The maximum Gasteiger partial charge on any atom is 0.247 e. The number of rotatable bonds is 4. The molecule has 0 unspecified atom stereocenters. The Morgan fingerprint density at radius 1 is 1.25 bits per heavy atom. The maximum absolute atomic E-state index is 12.7. The predicted octanol–water partition coefficient (Wildman–Crippen LogP) is 3.41. The number of amidine groups is 1. The quantitative estimate of drug-likeness (QED) is 0.330. The van der Waals surface area contributed by atoms with E-state index in [1.165, 1.54) is 24.4 Å². The molecule has 2 aromatic carbocycles. The number of hydrogen-bond acceptors (Lipinski definition) is 6. The number of phenols is 1. The average Bonchev–Trinajstić information content (AvgIpc) is 2.92. The van der Waals surface area contributed by atoms with Crippen LogP contribution in [0.1, 0.15) is 12.0 Å². The molecule has 1 aliphatic rings. The van der Waals surface area contributed by atoms with Crippen molar-refractivity contribution in [2.24, 2.45) is 15.9 Å². The van der Waals surface area contributed by atoms with E-state index < -0.39 is 17.1 Å². The molecule has 0 spiro atoms. The second-order valence-electron chi connectivity index (χ2n) is 5.72. The number of carbonyl (C=O) groups is 2. The highest BCUT2D eigenvalue weighted by Crippen LogP contribution is 2.35. The van der Waals surface area contributed by atoms with Crippen LogP contribution < -0.4 is 10.6 Å². The van der Waals surface area contributed by atoms with Gasteiger partial charge >= 0.3 is 0 Å². The van der Waals surface area contributed by atoms with Crippen molar-refractivity contribution in [3.05, 3.63) is 58.1 Å². The standard InChI is InChI=1S/C18H14Cl2N4O3S/c19-11-5-6-12(20)13(7-11)24-16(26)8-15(17(24)27)28-18(21)23-22-9-10-3-1-2-4-14(10)25/h1-7,9,15,25H,8H2,(H2,21,23)/b22-9+/t15-/m0/s1. The summed E-state index contributed by atoms with van der Waals surface area (Å²) in [5, 5.41) is 17.1. The Balaban J connectivity index is 1.71. The van der Waals surface area contributed by atoms with Gasteiger partial charge in [-0.1, -0.05) is 47.1 Å². The summed E-state index contributed by atoms with van der Waals surface area (Å²) in [6.07, 6.45) is 1.29. The fourth-order valence-corrected chi connectivity index (χ4v) is 3.71. The van der Waals surface area contributed by atoms with Gasteiger partial charge in [0.1, 0.15) is 11.0 Å². The molecule has 0 radical (unpaired) electrons. The summed E-state index contributed by atoms with van der Waals surface area (Å²) in [6, 6.07) is 11.1. The Kier molecular flexibility index (Phi) is 6.23. The van der Waals surface area contributed by atoms with Gasteiger partial charge in [0.25, 0.3) is 0 Å². The summed E-state index contributed by atoms with van der Waals surface area (Å²) in [4.78, 5) is 26.0. The monoisotopic (exact) mass is 436 g/mol. The SMILES string of the molecule is NC(=N/N=C/c1ccccc1O)S[C@H]1CC(=O)N(c2cc(Cl)ccc2Cl)C1=O. The number of anilines is 1. The molecule has 3 N–H and O–H groups in total. The average molecular weight is 437 g/mol. The molecule has 1 atom stereocenters. The van der Waals surface area contributed by atoms with E-state index in [1.54, 1.807) is 24.3 Å². The molecule has 144 valence electrons. The largest absolute Gasteiger partial charge is 0.507 e. The number of aromatic hydroxyl groups is 1. The van der Waals surface area contributed by atoms with Gasteiger partial charge in [0.05, 0.1) is 16.9 Å². The molecule has 0 saturated carbocycles. The fraction of sp³-hybridized carbons (Fsp3) is 0.111. The van der Waals surface area contributed by atoms with Crippen LogP contribution in [0.3, 0.4) is 0 Å². The molecule has 1 aliphatic heterocycles. The van der Waals surface area contributed by atoms with Gasteiger partial charge in [0, 0.05) is 17.0 Å². The van der Waals surface area contributed by atoms with Gasteiger partial charge in [-0.15, -0.1) is 5.10 Å². The minimum atomic E-state index is -0.744. The minimum Gasteiger partial charge on any atom is -0.507 e. The van der Waals surface area contributed by atoms with Crippen molar-refractivity contribution >= 4 is 63.8 Å². The third-order valence-electron chi connectivity index (χ3n) is 3.81. The van der Waals surface area contributed by atoms with Crippen LogP contribution in [-0.4, -0.2) is 33.6 Å². The number of carbonyl (C=O) groups excluding carboxylic acids is 2. The lowest BCUT2D eigenvalue weighted by atomic mass is 10.2. The number of amides is 2. The van der Waals surface area contributed by atoms with Crippen molar-refractivity contribution in [2.75, 3.05) is 4.90 Å². The van der Waals surface area contributed by atoms with E-state index in [2.05, 4.69) is 10.2 Å². The lowest BCUT2D eigenvalue weighted by Crippen LogP contribution is -2.32. The van der Waals surface area contributed by atoms with Gasteiger partial charge in [-0.05, 0) is 30.3 Å². The first kappa shape index (κ1) is 20.2. The van der Waals surface area contributed by atoms with Crippen molar-refractivity contribution < 1.29 is 14.7 Å². The Labute approximate surface area is 174 Å². The fourth-order valence-electron chi connectivity index (χ4n) is 2.52. The molecule has 2 aromatic rings. The molecule has 1 saturated heterocycles. The molecule has 10 heteroatoms. The van der Waals surface area contributed by atoms with Crippen LogP contribution in [-0.2, 0) is 9.59 Å². The third-order valence-corrected chi connectivity index (χ3v) is 5.34. The zero-order chi connectivity index (χ0) is 20.3. The number of thioether (sulfide) groups is 1. The second-order valence-corrected chi connectivity index (χ2v) is 7.78. The number of phenolic OH excluding ortho intramolecular Hbond substituents is 1. The third kappa shape index (κ3) is 4.46. The number of nitrogens with zero attached hydrogens (tertiary/aromatic N) is 3. The number of benzene rings is 2. The maximum atomic E-state index is 12.7. The number of para-hydroxylation sites is 1. The van der Waals surface area contributed by atoms with Crippen molar-refractivity contribution in [3.63, 3.8) is 0 Å². The van der Waals surface area contributed by atoms with E-state index in [4.69, 9.17) is 28.9 Å². The lowest BCUT2D eigenvalue weighted by molar-refractivity contribution is -0.121. The van der Waals surface area contributed by atoms with Crippen LogP contribution in [0.5, 0.6) is 5.75 Å². The summed E-state index contributed by atoms with van der Waals surface area (Å²) in [5.74, 6) is -0.808. The van der Waals surface area contributed by atoms with Crippen LogP contribution in [0, 0.1) is 0 Å². The molecule has 28 heavy (non-hydrogen) atoms. The van der Waals surface area contributed by atoms with E-state index in [1.807, 2.05) is 0 Å². The van der Waals surface area contributed by atoms with E-state index >= 15 is 0 Å². The van der Waals surface area contributed by atoms with Gasteiger partial charge in [0.15, 0.2) is 5.17 Å². The van der Waals surface area contributed by atoms with E-state index in [0.29, 0.717) is 10.6 Å². The molecule has 0 aliphatic carbocycles. The molecule has 1 heterocycles. The second kappa shape index (κ2) is 8.64. The first-order valence-electron chi connectivity index (χ1n) is 8.00. The van der Waals surface area contributed by atoms with Crippen LogP contribution in [0.15, 0.2) is 52.7 Å². The Morgan fingerprint density at radius 2 is 2.00 bits per heavy atom. The Morgan fingerprint density at radius 3 is 2.75 bits per heavy atom. The summed E-state index contributed by atoms with van der Waals surface area (Å²) in [6.45, 7) is 0. The Bertz CT molecular complexity index is 997. The van der Waals surface area contributed by atoms with Gasteiger partial charge in [0.2, 0.25) is 11.8 Å². The van der Waals surface area contributed by atoms with Gasteiger partial charge in [-0.3, -0.25) is 9.59 Å². The van der Waals surface area contributed by atoms with E-state index in [9.17, 15) is 14.7 Å². The molecular weight excluding hydrogens is 423 g/mol. The topological polar surface area (TPSA) is 108 Å². The van der Waals surface area contributed by atoms with Gasteiger partial charge < -0.3 is 10.8 Å². The highest BCUT2D eigenvalue weighted by atomic mass is 35.5. The molecular formula is C18H14Cl2N4O3S. The smallest absolute Gasteiger partial charge is 0.247 e. The molecule has 3 rings (SSSR count). The van der Waals surface area contributed by atoms with E-state index in [-0.39, 0.29) is 28.0 Å². The van der Waals surface area contributed by atoms with E-state index in [0.717, 1.165) is 16.7 Å². The highest BCUT2D eigenvalue weighted by Gasteiger charge is 2.41. The zero-order valence-corrected chi connectivity index (χ0v) is 16.6. The first-order valence-corrected chi connectivity index (χ1v) is 9.63. The van der Waals surface area contributed by atoms with Crippen LogP contribution in [0.4, 0.5) is 5.69 Å². The van der Waals surface area contributed by atoms with Gasteiger partial charge in [-0.2, -0.15) is 5.10 Å². The Hall–Kier alpha value is -2.55. The van der Waals surface area contributed by atoms with Crippen LogP contribution in [0.2, 0.25) is 10.0 Å². The zero-order valence-electron chi connectivity index (χ0n) is 14.3. The summed E-state index contributed by atoms with van der Waals surface area (Å²) in [5.41, 5.74) is 6.52. The molecule has 0 aromatic heterocycles. The van der Waals surface area contributed by atoms with Crippen molar-refractivity contribution in [3.8, 4) is 5.75 Å². The van der Waals surface area contributed by atoms with Gasteiger partial charge in [-0.25, -0.2) is 4.90 Å². The molecule has 2 amide bonds. The molecule has 1 fully saturated rings. The molecule has 7 nitrogen and oxygen atoms in total. The van der Waals surface area contributed by atoms with Crippen molar-refractivity contribution in [1.29, 1.82) is 0 Å². The summed E-state index contributed by atoms with van der Waals surface area (Å²) in [7, 11) is 0. The minimum absolute atomic E-state index is 0.0110. The summed E-state index contributed by atoms with van der Waals surface area (Å²) >= 11 is 13.0. The number of halogens is 2. The van der Waals surface area contributed by atoms with Crippen LogP contribution in [0.25, 0.3) is 0 Å². The van der Waals surface area contributed by atoms with Crippen LogP contribution >= 0.6 is 35.0 Å². The predicted molar refractivity (Wildman–Crippen MR) is 112 cm³/mol. The number of nitrogens with two attached hydrogens (primary N) is 1. The van der Waals surface area contributed by atoms with Crippen molar-refractivity contribution in [1.82, 2.24) is 0 Å². The number of imide groups is 1. The van der Waals surface area contributed by atoms with Crippen molar-refractivity contribution in [2.45, 2.75) is 11.7 Å². The highest BCUT2D eigenvalue weighted by molar-refractivity contribution is 8.14.